The molecule has 0 atom stereocenters. The average molecular weight is 270 g/mol. The Balaban J connectivity index is 1.69. The standard InChI is InChI=1S/C16H18N2O2/c19-16(20)3-1-2-12-4-8-14(9-5-12)18-15(10-11-17-18)13-6-7-13/h4-5,8-11,13H,1-3,6-7H2,(H,19,20). The van der Waals surface area contributed by atoms with E-state index in [9.17, 15) is 4.79 Å². The van der Waals surface area contributed by atoms with E-state index in [1.54, 1.807) is 0 Å². The maximum Gasteiger partial charge on any atom is 0.303 e. The van der Waals surface area contributed by atoms with E-state index in [1.165, 1.54) is 24.1 Å². The highest BCUT2D eigenvalue weighted by Gasteiger charge is 2.27. The molecule has 0 unspecified atom stereocenters. The third kappa shape index (κ3) is 2.90. The number of benzene rings is 1. The maximum absolute atomic E-state index is 10.5. The van der Waals surface area contributed by atoms with E-state index in [0.717, 1.165) is 12.1 Å². The Morgan fingerprint density at radius 1 is 1.25 bits per heavy atom. The van der Waals surface area contributed by atoms with Crippen LogP contribution in [0.5, 0.6) is 0 Å². The summed E-state index contributed by atoms with van der Waals surface area (Å²) in [6, 6.07) is 10.4. The summed E-state index contributed by atoms with van der Waals surface area (Å²) in [5.41, 5.74) is 3.55. The van der Waals surface area contributed by atoms with Crippen molar-refractivity contribution >= 4 is 5.97 Å². The quantitative estimate of drug-likeness (QED) is 0.877. The molecule has 2 aromatic rings. The van der Waals surface area contributed by atoms with Crippen LogP contribution in [0.1, 0.15) is 42.9 Å². The third-order valence-corrected chi connectivity index (χ3v) is 3.70. The summed E-state index contributed by atoms with van der Waals surface area (Å²) in [6.07, 6.45) is 6.10. The lowest BCUT2D eigenvalue weighted by atomic mass is 10.1. The van der Waals surface area contributed by atoms with Crippen molar-refractivity contribution < 1.29 is 9.90 Å². The van der Waals surface area contributed by atoms with Gasteiger partial charge in [0, 0.05) is 24.2 Å². The number of aliphatic carboxylic acids is 1. The first-order valence-electron chi connectivity index (χ1n) is 7.09. The van der Waals surface area contributed by atoms with Gasteiger partial charge in [0.1, 0.15) is 0 Å². The van der Waals surface area contributed by atoms with Crippen LogP contribution in [-0.2, 0) is 11.2 Å². The van der Waals surface area contributed by atoms with Crippen LogP contribution >= 0.6 is 0 Å². The van der Waals surface area contributed by atoms with Gasteiger partial charge in [0.2, 0.25) is 0 Å². The van der Waals surface area contributed by atoms with Gasteiger partial charge in [-0.05, 0) is 49.4 Å². The first-order chi connectivity index (χ1) is 9.74. The zero-order valence-corrected chi connectivity index (χ0v) is 11.3. The summed E-state index contributed by atoms with van der Waals surface area (Å²) in [5, 5.41) is 13.0. The fraction of sp³-hybridized carbons (Fsp3) is 0.375. The van der Waals surface area contributed by atoms with Crippen molar-refractivity contribution in [2.75, 3.05) is 0 Å². The zero-order chi connectivity index (χ0) is 13.9. The Kier molecular flexibility index (Phi) is 3.54. The molecular weight excluding hydrogens is 252 g/mol. The number of nitrogens with zero attached hydrogens (tertiary/aromatic N) is 2. The SMILES string of the molecule is O=C(O)CCCc1ccc(-n2nccc2C2CC2)cc1. The molecule has 4 nitrogen and oxygen atoms in total. The second-order valence-electron chi connectivity index (χ2n) is 5.36. The van der Waals surface area contributed by atoms with Gasteiger partial charge in [-0.25, -0.2) is 4.68 Å². The molecular formula is C16H18N2O2. The molecule has 20 heavy (non-hydrogen) atoms. The first-order valence-corrected chi connectivity index (χ1v) is 7.09. The molecule has 0 aliphatic heterocycles. The molecule has 1 aliphatic rings. The highest BCUT2D eigenvalue weighted by atomic mass is 16.4. The molecule has 1 aromatic carbocycles. The lowest BCUT2D eigenvalue weighted by Gasteiger charge is -2.07. The van der Waals surface area contributed by atoms with Crippen molar-refractivity contribution in [1.82, 2.24) is 9.78 Å². The molecule has 1 fully saturated rings. The van der Waals surface area contributed by atoms with Gasteiger partial charge in [-0.2, -0.15) is 5.10 Å². The van der Waals surface area contributed by atoms with Crippen LogP contribution in [0.15, 0.2) is 36.5 Å². The van der Waals surface area contributed by atoms with Crippen LogP contribution < -0.4 is 0 Å². The summed E-state index contributed by atoms with van der Waals surface area (Å²) in [7, 11) is 0. The molecule has 0 radical (unpaired) electrons. The Labute approximate surface area is 118 Å². The van der Waals surface area contributed by atoms with Crippen molar-refractivity contribution in [3.8, 4) is 5.69 Å². The Morgan fingerprint density at radius 3 is 2.65 bits per heavy atom. The monoisotopic (exact) mass is 270 g/mol. The Morgan fingerprint density at radius 2 is 2.00 bits per heavy atom. The summed E-state index contributed by atoms with van der Waals surface area (Å²) in [6.45, 7) is 0. The fourth-order valence-electron chi connectivity index (χ4n) is 2.47. The average Bonchev–Trinajstić information content (AvgIpc) is 3.17. The van der Waals surface area contributed by atoms with Crippen molar-refractivity contribution in [3.63, 3.8) is 0 Å². The fourth-order valence-corrected chi connectivity index (χ4v) is 2.47. The molecule has 4 heteroatoms. The van der Waals surface area contributed by atoms with Crippen LogP contribution in [0.4, 0.5) is 0 Å². The lowest BCUT2D eigenvalue weighted by molar-refractivity contribution is -0.137. The van der Waals surface area contributed by atoms with Crippen LogP contribution in [0.2, 0.25) is 0 Å². The molecule has 0 saturated heterocycles. The molecule has 0 amide bonds. The number of rotatable bonds is 6. The summed E-state index contributed by atoms with van der Waals surface area (Å²) < 4.78 is 2.01. The Bertz CT molecular complexity index is 597. The minimum absolute atomic E-state index is 0.229. The number of hydrogen-bond acceptors (Lipinski definition) is 2. The predicted octanol–water partition coefficient (Wildman–Crippen LogP) is 3.16. The Hall–Kier alpha value is -2.10. The lowest BCUT2D eigenvalue weighted by Crippen LogP contribution is -2.01. The zero-order valence-electron chi connectivity index (χ0n) is 11.3. The molecule has 104 valence electrons. The number of carbonyl (C=O) groups is 1. The largest absolute Gasteiger partial charge is 0.481 e. The number of carboxylic acid groups (broad SMARTS) is 1. The van der Waals surface area contributed by atoms with Crippen molar-refractivity contribution in [2.45, 2.75) is 38.0 Å². The maximum atomic E-state index is 10.5. The van der Waals surface area contributed by atoms with Crippen LogP contribution in [0, 0.1) is 0 Å². The number of hydrogen-bond donors (Lipinski definition) is 1. The minimum Gasteiger partial charge on any atom is -0.481 e. The van der Waals surface area contributed by atoms with Gasteiger partial charge in [-0.3, -0.25) is 4.79 Å². The molecule has 1 saturated carbocycles. The number of carboxylic acids is 1. The summed E-state index contributed by atoms with van der Waals surface area (Å²) in [4.78, 5) is 10.5. The first kappa shape index (κ1) is 12.9. The van der Waals surface area contributed by atoms with Gasteiger partial charge in [-0.1, -0.05) is 12.1 Å². The van der Waals surface area contributed by atoms with Gasteiger partial charge >= 0.3 is 5.97 Å². The minimum atomic E-state index is -0.729. The molecule has 0 spiro atoms. The second-order valence-corrected chi connectivity index (χ2v) is 5.36. The van der Waals surface area contributed by atoms with Crippen molar-refractivity contribution in [3.05, 3.63) is 47.8 Å². The molecule has 1 aromatic heterocycles. The van der Waals surface area contributed by atoms with Gasteiger partial charge < -0.3 is 5.11 Å². The second kappa shape index (κ2) is 5.49. The normalized spacial score (nSPS) is 14.4. The van der Waals surface area contributed by atoms with E-state index in [0.29, 0.717) is 12.3 Å². The van der Waals surface area contributed by atoms with Crippen LogP contribution in [0.25, 0.3) is 5.69 Å². The topological polar surface area (TPSA) is 55.1 Å². The van der Waals surface area contributed by atoms with Gasteiger partial charge in [0.25, 0.3) is 0 Å². The molecule has 1 heterocycles. The highest BCUT2D eigenvalue weighted by Crippen LogP contribution is 2.40. The van der Waals surface area contributed by atoms with Crippen LogP contribution in [-0.4, -0.2) is 20.9 Å². The molecule has 1 N–H and O–H groups in total. The molecule has 3 rings (SSSR count). The van der Waals surface area contributed by atoms with E-state index in [2.05, 4.69) is 35.4 Å². The van der Waals surface area contributed by atoms with E-state index in [1.807, 2.05) is 10.9 Å². The van der Waals surface area contributed by atoms with Crippen molar-refractivity contribution in [2.24, 2.45) is 0 Å². The number of aryl methyl sites for hydroxylation is 1. The van der Waals surface area contributed by atoms with E-state index >= 15 is 0 Å². The van der Waals surface area contributed by atoms with E-state index < -0.39 is 5.97 Å². The van der Waals surface area contributed by atoms with Crippen molar-refractivity contribution in [1.29, 1.82) is 0 Å². The molecule has 1 aliphatic carbocycles. The summed E-state index contributed by atoms with van der Waals surface area (Å²) in [5.74, 6) is -0.0556. The van der Waals surface area contributed by atoms with Gasteiger partial charge in [-0.15, -0.1) is 0 Å². The predicted molar refractivity (Wildman–Crippen MR) is 76.1 cm³/mol. The third-order valence-electron chi connectivity index (χ3n) is 3.70. The summed E-state index contributed by atoms with van der Waals surface area (Å²) >= 11 is 0. The highest BCUT2D eigenvalue weighted by molar-refractivity contribution is 5.66. The van der Waals surface area contributed by atoms with Gasteiger partial charge in [0.15, 0.2) is 0 Å². The molecule has 0 bridgehead atoms. The van der Waals surface area contributed by atoms with Gasteiger partial charge in [0.05, 0.1) is 5.69 Å². The number of aromatic nitrogens is 2. The van der Waals surface area contributed by atoms with E-state index in [4.69, 9.17) is 5.11 Å². The van der Waals surface area contributed by atoms with E-state index in [-0.39, 0.29) is 6.42 Å². The smallest absolute Gasteiger partial charge is 0.303 e. The van der Waals surface area contributed by atoms with Crippen LogP contribution in [0.3, 0.4) is 0 Å².